The zero-order chi connectivity index (χ0) is 13.3. The summed E-state index contributed by atoms with van der Waals surface area (Å²) in [4.78, 5) is 0. The predicted octanol–water partition coefficient (Wildman–Crippen LogP) is 2.95. The van der Waals surface area contributed by atoms with E-state index in [1.807, 2.05) is 0 Å². The third kappa shape index (κ3) is 2.11. The molecule has 18 heavy (non-hydrogen) atoms. The molecule has 1 aromatic heterocycles. The number of aromatic nitrogens is 1. The van der Waals surface area contributed by atoms with Crippen LogP contribution in [0.5, 0.6) is 5.75 Å². The average molecular weight is 258 g/mol. The van der Waals surface area contributed by atoms with E-state index in [4.69, 9.17) is 15.0 Å². The molecule has 0 saturated heterocycles. The molecule has 0 spiro atoms. The molecule has 1 aromatic carbocycles. The molecule has 2 N–H and O–H groups in total. The van der Waals surface area contributed by atoms with Crippen LogP contribution in [0.3, 0.4) is 0 Å². The molecule has 1 heterocycles. The van der Waals surface area contributed by atoms with Crippen LogP contribution in [0.1, 0.15) is 5.56 Å². The van der Waals surface area contributed by atoms with E-state index in [-0.39, 0.29) is 17.2 Å². The second-order valence-corrected chi connectivity index (χ2v) is 3.52. The topological polar surface area (TPSA) is 61.3 Å². The number of ether oxygens (including phenoxy) is 1. The first-order chi connectivity index (χ1) is 8.43. The third-order valence-electron chi connectivity index (χ3n) is 2.37. The summed E-state index contributed by atoms with van der Waals surface area (Å²) in [5.41, 5.74) is 5.33. The van der Waals surface area contributed by atoms with E-state index < -0.39 is 11.7 Å². The number of nitrogens with two attached hydrogens (primary N) is 1. The van der Waals surface area contributed by atoms with E-state index in [2.05, 4.69) is 5.16 Å². The maximum Gasteiger partial charge on any atom is 0.419 e. The Balaban J connectivity index is 2.52. The Labute approximate surface area is 100 Å². The van der Waals surface area contributed by atoms with Gasteiger partial charge in [-0.1, -0.05) is 11.2 Å². The lowest BCUT2D eigenvalue weighted by molar-refractivity contribution is -0.138. The van der Waals surface area contributed by atoms with E-state index in [0.717, 1.165) is 13.2 Å². The molecular formula is C11H9F3N2O2. The van der Waals surface area contributed by atoms with Gasteiger partial charge in [0, 0.05) is 5.56 Å². The molecule has 0 radical (unpaired) electrons. The largest absolute Gasteiger partial charge is 0.496 e. The average Bonchev–Trinajstić information content (AvgIpc) is 2.73. The standard InChI is InChI=1S/C11H9F3N2O2/c1-17-9-4-6(10-8(15)5-16-18-10)2-3-7(9)11(12,13)14/h2-5H,15H2,1H3. The molecule has 2 aromatic rings. The monoisotopic (exact) mass is 258 g/mol. The second kappa shape index (κ2) is 4.25. The van der Waals surface area contributed by atoms with Gasteiger partial charge in [0.1, 0.15) is 11.4 Å². The van der Waals surface area contributed by atoms with Crippen molar-refractivity contribution in [3.63, 3.8) is 0 Å². The van der Waals surface area contributed by atoms with Crippen LogP contribution in [0.4, 0.5) is 18.9 Å². The molecule has 4 nitrogen and oxygen atoms in total. The number of hydrogen-bond donors (Lipinski definition) is 1. The van der Waals surface area contributed by atoms with Crippen LogP contribution in [0.15, 0.2) is 28.9 Å². The Hall–Kier alpha value is -2.18. The lowest BCUT2D eigenvalue weighted by Crippen LogP contribution is -2.07. The summed E-state index contributed by atoms with van der Waals surface area (Å²) in [6.07, 6.45) is -3.20. The van der Waals surface area contributed by atoms with Crippen LogP contribution in [0.2, 0.25) is 0 Å². The molecule has 0 amide bonds. The van der Waals surface area contributed by atoms with Crippen molar-refractivity contribution in [1.29, 1.82) is 0 Å². The molecular weight excluding hydrogens is 249 g/mol. The van der Waals surface area contributed by atoms with Crippen molar-refractivity contribution >= 4 is 5.69 Å². The Morgan fingerprint density at radius 2 is 2.06 bits per heavy atom. The number of benzene rings is 1. The van der Waals surface area contributed by atoms with Crippen LogP contribution in [-0.2, 0) is 6.18 Å². The van der Waals surface area contributed by atoms with E-state index in [0.29, 0.717) is 5.56 Å². The highest BCUT2D eigenvalue weighted by atomic mass is 19.4. The molecule has 0 aliphatic carbocycles. The molecule has 0 unspecified atom stereocenters. The summed E-state index contributed by atoms with van der Waals surface area (Å²) in [7, 11) is 1.16. The van der Waals surface area contributed by atoms with Crippen LogP contribution in [0.25, 0.3) is 11.3 Å². The number of alkyl halides is 3. The summed E-state index contributed by atoms with van der Waals surface area (Å²) >= 11 is 0. The molecule has 96 valence electrons. The minimum atomic E-state index is -4.48. The summed E-state index contributed by atoms with van der Waals surface area (Å²) < 4.78 is 47.5. The van der Waals surface area contributed by atoms with Gasteiger partial charge in [0.2, 0.25) is 0 Å². The van der Waals surface area contributed by atoms with E-state index in [9.17, 15) is 13.2 Å². The third-order valence-corrected chi connectivity index (χ3v) is 2.37. The lowest BCUT2D eigenvalue weighted by atomic mass is 10.1. The first kappa shape index (κ1) is 12.3. The Morgan fingerprint density at radius 1 is 1.33 bits per heavy atom. The Bertz CT molecular complexity index is 564. The highest BCUT2D eigenvalue weighted by molar-refractivity contribution is 5.71. The van der Waals surface area contributed by atoms with Gasteiger partial charge in [-0.3, -0.25) is 0 Å². The van der Waals surface area contributed by atoms with Gasteiger partial charge in [-0.25, -0.2) is 0 Å². The highest BCUT2D eigenvalue weighted by Gasteiger charge is 2.34. The SMILES string of the molecule is COc1cc(-c2oncc2N)ccc1C(F)(F)F. The molecule has 2 rings (SSSR count). The maximum atomic E-state index is 12.6. The normalized spacial score (nSPS) is 11.6. The van der Waals surface area contributed by atoms with Gasteiger partial charge >= 0.3 is 6.18 Å². The van der Waals surface area contributed by atoms with Gasteiger partial charge in [0.05, 0.1) is 18.9 Å². The highest BCUT2D eigenvalue weighted by Crippen LogP contribution is 2.39. The number of halogens is 3. The zero-order valence-corrected chi connectivity index (χ0v) is 9.28. The predicted molar refractivity (Wildman–Crippen MR) is 57.9 cm³/mol. The van der Waals surface area contributed by atoms with E-state index in [1.54, 1.807) is 0 Å². The van der Waals surface area contributed by atoms with Crippen molar-refractivity contribution in [3.8, 4) is 17.1 Å². The fourth-order valence-electron chi connectivity index (χ4n) is 1.53. The van der Waals surface area contributed by atoms with E-state index in [1.165, 1.54) is 18.3 Å². The molecule has 0 saturated carbocycles. The quantitative estimate of drug-likeness (QED) is 0.899. The summed E-state index contributed by atoms with van der Waals surface area (Å²) in [5, 5.41) is 3.46. The summed E-state index contributed by atoms with van der Waals surface area (Å²) in [5.74, 6) is -0.0853. The molecule has 0 aliphatic rings. The van der Waals surface area contributed by atoms with Crippen molar-refractivity contribution in [3.05, 3.63) is 30.0 Å². The van der Waals surface area contributed by atoms with Crippen LogP contribution in [0, 0.1) is 0 Å². The Morgan fingerprint density at radius 3 is 2.56 bits per heavy atom. The zero-order valence-electron chi connectivity index (χ0n) is 9.28. The fourth-order valence-corrected chi connectivity index (χ4v) is 1.53. The Kier molecular flexibility index (Phi) is 2.90. The van der Waals surface area contributed by atoms with Gasteiger partial charge in [0.25, 0.3) is 0 Å². The first-order valence-electron chi connectivity index (χ1n) is 4.89. The molecule has 0 bridgehead atoms. The van der Waals surface area contributed by atoms with Gasteiger partial charge < -0.3 is 15.0 Å². The molecule has 0 aliphatic heterocycles. The van der Waals surface area contributed by atoms with Crippen LogP contribution in [-0.4, -0.2) is 12.3 Å². The first-order valence-corrected chi connectivity index (χ1v) is 4.89. The number of nitrogens with zero attached hydrogens (tertiary/aromatic N) is 1. The molecule has 0 atom stereocenters. The molecule has 7 heteroatoms. The smallest absolute Gasteiger partial charge is 0.419 e. The number of rotatable bonds is 2. The number of methoxy groups -OCH3 is 1. The van der Waals surface area contributed by atoms with Gasteiger partial charge in [-0.15, -0.1) is 0 Å². The second-order valence-electron chi connectivity index (χ2n) is 3.52. The molecule has 0 fully saturated rings. The van der Waals surface area contributed by atoms with Crippen molar-refractivity contribution in [1.82, 2.24) is 5.16 Å². The van der Waals surface area contributed by atoms with Gasteiger partial charge in [-0.05, 0) is 12.1 Å². The maximum absolute atomic E-state index is 12.6. The summed E-state index contributed by atoms with van der Waals surface area (Å²) in [6, 6.07) is 3.37. The van der Waals surface area contributed by atoms with Crippen LogP contribution < -0.4 is 10.5 Å². The lowest BCUT2D eigenvalue weighted by Gasteiger charge is -2.12. The van der Waals surface area contributed by atoms with Crippen LogP contribution >= 0.6 is 0 Å². The van der Waals surface area contributed by atoms with Gasteiger partial charge in [0.15, 0.2) is 5.76 Å². The van der Waals surface area contributed by atoms with Gasteiger partial charge in [-0.2, -0.15) is 13.2 Å². The summed E-state index contributed by atoms with van der Waals surface area (Å²) in [6.45, 7) is 0. The minimum absolute atomic E-state index is 0.210. The van der Waals surface area contributed by atoms with Crippen molar-refractivity contribution in [2.45, 2.75) is 6.18 Å². The van der Waals surface area contributed by atoms with Crippen molar-refractivity contribution in [2.24, 2.45) is 0 Å². The van der Waals surface area contributed by atoms with Crippen molar-refractivity contribution < 1.29 is 22.4 Å². The van der Waals surface area contributed by atoms with Crippen molar-refractivity contribution in [2.75, 3.05) is 12.8 Å². The number of hydrogen-bond acceptors (Lipinski definition) is 4. The fraction of sp³-hybridized carbons (Fsp3) is 0.182. The number of nitrogen functional groups attached to an aromatic ring is 1. The van der Waals surface area contributed by atoms with E-state index >= 15 is 0 Å². The minimum Gasteiger partial charge on any atom is -0.496 e. The number of anilines is 1.